The fourth-order valence-electron chi connectivity index (χ4n) is 2.87. The Morgan fingerprint density at radius 2 is 1.78 bits per heavy atom. The van der Waals surface area contributed by atoms with Gasteiger partial charge < -0.3 is 20.1 Å². The van der Waals surface area contributed by atoms with Gasteiger partial charge in [-0.15, -0.1) is 0 Å². The second kappa shape index (κ2) is 11.9. The highest BCUT2D eigenvalue weighted by Gasteiger charge is 2.37. The van der Waals surface area contributed by atoms with Crippen LogP contribution in [0.5, 0.6) is 0 Å². The van der Waals surface area contributed by atoms with Crippen molar-refractivity contribution in [2.45, 2.75) is 46.0 Å². The lowest BCUT2D eigenvalue weighted by Crippen LogP contribution is -2.44. The Morgan fingerprint density at radius 1 is 1.22 bits per heavy atom. The first-order chi connectivity index (χ1) is 14.7. The van der Waals surface area contributed by atoms with E-state index in [-0.39, 0.29) is 40.0 Å². The summed E-state index contributed by atoms with van der Waals surface area (Å²) in [6.45, 7) is 10.6. The molecule has 1 aliphatic rings. The number of nitrogens with zero attached hydrogens (tertiary/aromatic N) is 2. The third-order valence-electron chi connectivity index (χ3n) is 4.59. The summed E-state index contributed by atoms with van der Waals surface area (Å²) >= 11 is 3.16. The monoisotopic (exact) mass is 525 g/mol. The average molecular weight is 526 g/mol. The number of hydrogen-bond acceptors (Lipinski definition) is 7. The predicted molar refractivity (Wildman–Crippen MR) is 119 cm³/mol. The lowest BCUT2D eigenvalue weighted by Gasteiger charge is -2.33. The molecule has 2 N–H and O–H groups in total. The molecular formula is C21H31BrF3N3O4. The van der Waals surface area contributed by atoms with Crippen molar-refractivity contribution in [3.05, 3.63) is 27.2 Å². The van der Waals surface area contributed by atoms with Gasteiger partial charge >= 0.3 is 12.1 Å². The van der Waals surface area contributed by atoms with Gasteiger partial charge in [-0.3, -0.25) is 9.69 Å². The number of alkyl halides is 3. The molecule has 182 valence electrons. The topological polar surface area (TPSA) is 85.1 Å². The summed E-state index contributed by atoms with van der Waals surface area (Å²) < 4.78 is 50.2. The van der Waals surface area contributed by atoms with Crippen LogP contribution in [0.4, 0.5) is 18.9 Å². The van der Waals surface area contributed by atoms with E-state index in [1.54, 1.807) is 6.92 Å². The van der Waals surface area contributed by atoms with E-state index >= 15 is 0 Å². The molecule has 0 atom stereocenters. The van der Waals surface area contributed by atoms with Crippen LogP contribution in [-0.4, -0.2) is 67.7 Å². The molecule has 1 heterocycles. The van der Waals surface area contributed by atoms with E-state index in [0.29, 0.717) is 19.6 Å². The van der Waals surface area contributed by atoms with E-state index in [2.05, 4.69) is 25.6 Å². The zero-order valence-corrected chi connectivity index (χ0v) is 20.6. The molecule has 32 heavy (non-hydrogen) atoms. The van der Waals surface area contributed by atoms with Gasteiger partial charge in [0, 0.05) is 37.2 Å². The van der Waals surface area contributed by atoms with Crippen molar-refractivity contribution in [1.29, 1.82) is 0 Å². The van der Waals surface area contributed by atoms with Crippen LogP contribution >= 0.6 is 15.9 Å². The van der Waals surface area contributed by atoms with E-state index in [1.807, 2.05) is 32.7 Å². The van der Waals surface area contributed by atoms with Gasteiger partial charge in [-0.25, -0.2) is 4.79 Å². The van der Waals surface area contributed by atoms with Crippen LogP contribution in [0, 0.1) is 0 Å². The Morgan fingerprint density at radius 3 is 2.19 bits per heavy atom. The van der Waals surface area contributed by atoms with Gasteiger partial charge in [0.1, 0.15) is 5.60 Å². The second-order valence-corrected chi connectivity index (χ2v) is 9.09. The highest BCUT2D eigenvalue weighted by molar-refractivity contribution is 9.10. The minimum Gasteiger partial charge on any atom is -0.462 e. The molecule has 11 heteroatoms. The number of hydrogen-bond donors (Lipinski definition) is 1. The summed E-state index contributed by atoms with van der Waals surface area (Å²) in [5.74, 6) is -0.864. The van der Waals surface area contributed by atoms with Crippen molar-refractivity contribution in [3.63, 3.8) is 0 Å². The summed E-state index contributed by atoms with van der Waals surface area (Å²) in [5.41, 5.74) is 4.47. The van der Waals surface area contributed by atoms with Crippen LogP contribution in [0.1, 0.15) is 49.2 Å². The maximum absolute atomic E-state index is 13.6. The number of anilines is 1. The first kappa shape index (κ1) is 28.2. The first-order valence-corrected chi connectivity index (χ1v) is 10.9. The summed E-state index contributed by atoms with van der Waals surface area (Å²) in [4.78, 5) is 25.6. The standard InChI is InChI=1S/C16H21BrF3N3O2.C5H10O2/c1-3-25-15(24)10-8-12(16(18,19)20)11(13(17)14(10)21)9-23-6-4-22(2)5-7-23;1-5(2,3)7-4-6/h8H,3-7,9,21H2,1-2H3;4H,1-3H3. The normalized spacial score (nSPS) is 15.5. The Kier molecular flexibility index (Phi) is 10.4. The molecule has 0 amide bonds. The molecule has 1 fully saturated rings. The van der Waals surface area contributed by atoms with Crippen LogP contribution in [-0.2, 0) is 27.0 Å². The van der Waals surface area contributed by atoms with Gasteiger partial charge in [-0.2, -0.15) is 13.2 Å². The minimum atomic E-state index is -4.60. The number of ether oxygens (including phenoxy) is 2. The molecule has 0 aromatic heterocycles. The molecular weight excluding hydrogens is 495 g/mol. The van der Waals surface area contributed by atoms with E-state index in [1.165, 1.54) is 0 Å². The summed E-state index contributed by atoms with van der Waals surface area (Å²) in [6, 6.07) is 0.795. The van der Waals surface area contributed by atoms with Gasteiger partial charge in [0.05, 0.1) is 23.4 Å². The maximum Gasteiger partial charge on any atom is 0.416 e. The number of rotatable bonds is 5. The van der Waals surface area contributed by atoms with Crippen LogP contribution in [0.3, 0.4) is 0 Å². The van der Waals surface area contributed by atoms with Gasteiger partial charge in [0.2, 0.25) is 0 Å². The van der Waals surface area contributed by atoms with E-state index in [4.69, 9.17) is 10.5 Å². The molecule has 1 aromatic carbocycles. The molecule has 0 saturated carbocycles. The van der Waals surface area contributed by atoms with Crippen molar-refractivity contribution in [2.24, 2.45) is 0 Å². The Balaban J connectivity index is 0.000000633. The molecule has 0 unspecified atom stereocenters. The number of nitrogen functional groups attached to an aromatic ring is 1. The molecule has 1 saturated heterocycles. The van der Waals surface area contributed by atoms with Crippen molar-refractivity contribution >= 4 is 34.1 Å². The lowest BCUT2D eigenvalue weighted by molar-refractivity contribution is -0.139. The van der Waals surface area contributed by atoms with Crippen molar-refractivity contribution in [2.75, 3.05) is 45.6 Å². The second-order valence-electron chi connectivity index (χ2n) is 8.30. The third kappa shape index (κ3) is 8.59. The number of esters is 1. The fraction of sp³-hybridized carbons (Fsp3) is 0.619. The molecule has 0 radical (unpaired) electrons. The fourth-order valence-corrected chi connectivity index (χ4v) is 3.42. The number of benzene rings is 1. The Bertz CT molecular complexity index is 790. The number of carbonyl (C=O) groups is 2. The molecule has 0 spiro atoms. The maximum atomic E-state index is 13.6. The zero-order chi connectivity index (χ0) is 24.7. The number of piperazine rings is 1. The van der Waals surface area contributed by atoms with Gasteiger partial charge in [0.25, 0.3) is 6.47 Å². The molecule has 1 aromatic rings. The first-order valence-electron chi connectivity index (χ1n) is 10.1. The minimum absolute atomic E-state index is 0.0319. The SMILES string of the molecule is CC(C)(C)OC=O.CCOC(=O)c1cc(C(F)(F)F)c(CN2CCN(C)CC2)c(Br)c1N. The van der Waals surface area contributed by atoms with Crippen LogP contribution in [0.15, 0.2) is 10.5 Å². The zero-order valence-electron chi connectivity index (χ0n) is 19.0. The van der Waals surface area contributed by atoms with Crippen molar-refractivity contribution < 1.29 is 32.2 Å². The third-order valence-corrected chi connectivity index (χ3v) is 5.49. The van der Waals surface area contributed by atoms with Gasteiger partial charge in [-0.1, -0.05) is 0 Å². The largest absolute Gasteiger partial charge is 0.462 e. The molecule has 7 nitrogen and oxygen atoms in total. The smallest absolute Gasteiger partial charge is 0.416 e. The van der Waals surface area contributed by atoms with Crippen LogP contribution in [0.2, 0.25) is 0 Å². The number of carbonyl (C=O) groups excluding carboxylic acids is 2. The quantitative estimate of drug-likeness (QED) is 0.354. The molecule has 0 aliphatic carbocycles. The number of likely N-dealkylation sites (N-methyl/N-ethyl adjacent to an activating group) is 1. The molecule has 0 bridgehead atoms. The van der Waals surface area contributed by atoms with E-state index < -0.39 is 17.7 Å². The highest BCUT2D eigenvalue weighted by atomic mass is 79.9. The van der Waals surface area contributed by atoms with E-state index in [9.17, 15) is 22.8 Å². The van der Waals surface area contributed by atoms with Crippen LogP contribution < -0.4 is 5.73 Å². The molecule has 1 aliphatic heterocycles. The summed E-state index contributed by atoms with van der Waals surface area (Å²) in [5, 5.41) is 0. The van der Waals surface area contributed by atoms with Crippen molar-refractivity contribution in [3.8, 4) is 0 Å². The Hall–Kier alpha value is -1.85. The van der Waals surface area contributed by atoms with Gasteiger partial charge in [0.15, 0.2) is 0 Å². The van der Waals surface area contributed by atoms with Gasteiger partial charge in [-0.05, 0) is 62.3 Å². The predicted octanol–water partition coefficient (Wildman–Crippen LogP) is 3.93. The lowest BCUT2D eigenvalue weighted by atomic mass is 10.0. The number of halogens is 4. The summed E-state index contributed by atoms with van der Waals surface area (Å²) in [7, 11) is 1.97. The summed E-state index contributed by atoms with van der Waals surface area (Å²) in [6.07, 6.45) is -4.60. The van der Waals surface area contributed by atoms with Crippen LogP contribution in [0.25, 0.3) is 0 Å². The Labute approximate surface area is 195 Å². The number of nitrogens with two attached hydrogens (primary N) is 1. The van der Waals surface area contributed by atoms with Crippen molar-refractivity contribution in [1.82, 2.24) is 9.80 Å². The highest BCUT2D eigenvalue weighted by Crippen LogP contribution is 2.40. The van der Waals surface area contributed by atoms with E-state index in [0.717, 1.165) is 19.2 Å². The molecule has 2 rings (SSSR count). The average Bonchev–Trinajstić information content (AvgIpc) is 2.66.